The molecule has 0 saturated heterocycles. The highest BCUT2D eigenvalue weighted by atomic mass is 16.1. The molecule has 0 atom stereocenters. The van der Waals surface area contributed by atoms with Crippen molar-refractivity contribution in [3.05, 3.63) is 42.2 Å². The number of ketones is 1. The van der Waals surface area contributed by atoms with Crippen LogP contribution < -0.4 is 0 Å². The third-order valence-electron chi connectivity index (χ3n) is 4.28. The fourth-order valence-corrected chi connectivity index (χ4v) is 3.09. The lowest BCUT2D eigenvalue weighted by Crippen LogP contribution is -2.19. The summed E-state index contributed by atoms with van der Waals surface area (Å²) in [7, 11) is 0. The summed E-state index contributed by atoms with van der Waals surface area (Å²) in [6, 6.07) is 9.74. The van der Waals surface area contributed by atoms with Crippen LogP contribution in [-0.2, 0) is 0 Å². The predicted octanol–water partition coefficient (Wildman–Crippen LogP) is 3.81. The lowest BCUT2D eigenvalue weighted by atomic mass is 9.87. The lowest BCUT2D eigenvalue weighted by Gasteiger charge is -2.18. The van der Waals surface area contributed by atoms with E-state index in [0.29, 0.717) is 5.69 Å². The molecule has 0 amide bonds. The first-order valence-electron chi connectivity index (χ1n) is 7.86. The maximum absolute atomic E-state index is 12.8. The zero-order valence-corrected chi connectivity index (χ0v) is 12.2. The van der Waals surface area contributed by atoms with Crippen molar-refractivity contribution in [2.24, 2.45) is 5.92 Å². The molecule has 1 aliphatic carbocycles. The number of carbonyl (C=O) groups is 1. The van der Waals surface area contributed by atoms with Crippen LogP contribution in [0.5, 0.6) is 0 Å². The molecule has 0 bridgehead atoms. The Morgan fingerprint density at radius 2 is 1.67 bits per heavy atom. The van der Waals surface area contributed by atoms with Crippen molar-refractivity contribution < 1.29 is 4.79 Å². The molecule has 4 nitrogen and oxygen atoms in total. The Morgan fingerprint density at radius 1 is 1.00 bits per heavy atom. The van der Waals surface area contributed by atoms with Crippen LogP contribution in [0.2, 0.25) is 0 Å². The second kappa shape index (κ2) is 6.66. The first kappa shape index (κ1) is 14.0. The van der Waals surface area contributed by atoms with Crippen molar-refractivity contribution >= 4 is 5.78 Å². The van der Waals surface area contributed by atoms with Gasteiger partial charge in [-0.1, -0.05) is 55.5 Å². The minimum absolute atomic E-state index is 0.131. The molecule has 0 radical (unpaired) electrons. The van der Waals surface area contributed by atoms with E-state index < -0.39 is 0 Å². The van der Waals surface area contributed by atoms with Gasteiger partial charge in [0.15, 0.2) is 5.78 Å². The van der Waals surface area contributed by atoms with Crippen LogP contribution in [0.3, 0.4) is 0 Å². The maximum Gasteiger partial charge on any atom is 0.186 e. The van der Waals surface area contributed by atoms with E-state index in [1.165, 1.54) is 19.3 Å². The molecular weight excluding hydrogens is 262 g/mol. The monoisotopic (exact) mass is 283 g/mol. The summed E-state index contributed by atoms with van der Waals surface area (Å²) in [4.78, 5) is 12.8. The van der Waals surface area contributed by atoms with Gasteiger partial charge in [-0.05, 0) is 25.0 Å². The topological polar surface area (TPSA) is 47.8 Å². The number of hydrogen-bond acceptors (Lipinski definition) is 3. The highest BCUT2D eigenvalue weighted by molar-refractivity contribution is 5.96. The molecular formula is C17H21N3O. The van der Waals surface area contributed by atoms with Crippen molar-refractivity contribution in [1.29, 1.82) is 0 Å². The maximum atomic E-state index is 12.8. The predicted molar refractivity (Wildman–Crippen MR) is 81.5 cm³/mol. The smallest absolute Gasteiger partial charge is 0.186 e. The van der Waals surface area contributed by atoms with Crippen molar-refractivity contribution in [1.82, 2.24) is 15.0 Å². The summed E-state index contributed by atoms with van der Waals surface area (Å²) in [5, 5.41) is 8.04. The van der Waals surface area contributed by atoms with Crippen LogP contribution in [0.1, 0.15) is 55.4 Å². The van der Waals surface area contributed by atoms with Gasteiger partial charge >= 0.3 is 0 Å². The summed E-state index contributed by atoms with van der Waals surface area (Å²) in [6.07, 6.45) is 9.72. The van der Waals surface area contributed by atoms with E-state index in [1.54, 1.807) is 10.9 Å². The van der Waals surface area contributed by atoms with Crippen LogP contribution in [0, 0.1) is 5.92 Å². The van der Waals surface area contributed by atoms with Gasteiger partial charge in [0, 0.05) is 5.92 Å². The van der Waals surface area contributed by atoms with Gasteiger partial charge in [0.25, 0.3) is 0 Å². The van der Waals surface area contributed by atoms with E-state index >= 15 is 0 Å². The molecule has 1 heterocycles. The van der Waals surface area contributed by atoms with E-state index in [1.807, 2.05) is 30.3 Å². The Hall–Kier alpha value is -1.97. The number of carbonyl (C=O) groups excluding carboxylic acids is 1. The normalized spacial score (nSPS) is 17.1. The van der Waals surface area contributed by atoms with Gasteiger partial charge in [0.2, 0.25) is 0 Å². The fourth-order valence-electron chi connectivity index (χ4n) is 3.09. The lowest BCUT2D eigenvalue weighted by molar-refractivity contribution is 0.0890. The summed E-state index contributed by atoms with van der Waals surface area (Å²) >= 11 is 0. The van der Waals surface area contributed by atoms with Crippen LogP contribution in [0.15, 0.2) is 36.5 Å². The Bertz CT molecular complexity index is 583. The van der Waals surface area contributed by atoms with Gasteiger partial charge < -0.3 is 0 Å². The molecule has 110 valence electrons. The van der Waals surface area contributed by atoms with Gasteiger partial charge in [-0.3, -0.25) is 4.79 Å². The standard InChI is InChI=1S/C17H21N3O/c21-17(14-9-5-2-1-3-6-10-14)16-13-18-19-20(16)15-11-7-4-8-12-15/h4,7-8,11-14H,1-3,5-6,9-10H2. The molecule has 0 aliphatic heterocycles. The number of aromatic nitrogens is 3. The molecule has 0 spiro atoms. The third kappa shape index (κ3) is 3.20. The van der Waals surface area contributed by atoms with Crippen molar-refractivity contribution in [3.8, 4) is 5.69 Å². The van der Waals surface area contributed by atoms with Crippen LogP contribution in [-0.4, -0.2) is 20.8 Å². The van der Waals surface area contributed by atoms with E-state index in [4.69, 9.17) is 0 Å². The van der Waals surface area contributed by atoms with Crippen LogP contribution >= 0.6 is 0 Å². The summed E-state index contributed by atoms with van der Waals surface area (Å²) in [5.41, 5.74) is 1.51. The van der Waals surface area contributed by atoms with Gasteiger partial charge in [0.1, 0.15) is 5.69 Å². The molecule has 4 heteroatoms. The third-order valence-corrected chi connectivity index (χ3v) is 4.28. The summed E-state index contributed by atoms with van der Waals surface area (Å²) in [5.74, 6) is 0.331. The van der Waals surface area contributed by atoms with Crippen LogP contribution in [0.25, 0.3) is 5.69 Å². The zero-order chi connectivity index (χ0) is 14.5. The largest absolute Gasteiger partial charge is 0.292 e. The van der Waals surface area contributed by atoms with E-state index in [2.05, 4.69) is 10.3 Å². The molecule has 1 saturated carbocycles. The second-order valence-electron chi connectivity index (χ2n) is 5.77. The van der Waals surface area contributed by atoms with Crippen molar-refractivity contribution in [2.75, 3.05) is 0 Å². The molecule has 21 heavy (non-hydrogen) atoms. The molecule has 1 aromatic heterocycles. The average Bonchev–Trinajstić information content (AvgIpc) is 2.96. The first-order chi connectivity index (χ1) is 10.4. The Morgan fingerprint density at radius 3 is 2.38 bits per heavy atom. The van der Waals surface area contributed by atoms with Gasteiger partial charge in [-0.15, -0.1) is 5.10 Å². The van der Waals surface area contributed by atoms with Gasteiger partial charge in [-0.25, -0.2) is 4.68 Å². The van der Waals surface area contributed by atoms with Crippen molar-refractivity contribution in [3.63, 3.8) is 0 Å². The molecule has 1 aromatic carbocycles. The number of rotatable bonds is 3. The Kier molecular flexibility index (Phi) is 4.43. The molecule has 0 unspecified atom stereocenters. The molecule has 1 aliphatic rings. The molecule has 3 rings (SSSR count). The number of Topliss-reactive ketones (excluding diaryl/α,β-unsaturated/α-hetero) is 1. The number of para-hydroxylation sites is 1. The van der Waals surface area contributed by atoms with E-state index in [0.717, 1.165) is 31.4 Å². The quantitative estimate of drug-likeness (QED) is 0.805. The molecule has 0 N–H and O–H groups in total. The van der Waals surface area contributed by atoms with Gasteiger partial charge in [0.05, 0.1) is 11.9 Å². The fraction of sp³-hybridized carbons (Fsp3) is 0.471. The summed E-state index contributed by atoms with van der Waals surface area (Å²) < 4.78 is 1.67. The van der Waals surface area contributed by atoms with Gasteiger partial charge in [-0.2, -0.15) is 0 Å². The number of benzene rings is 1. The second-order valence-corrected chi connectivity index (χ2v) is 5.77. The minimum atomic E-state index is 0.131. The van der Waals surface area contributed by atoms with Crippen molar-refractivity contribution in [2.45, 2.75) is 44.9 Å². The number of nitrogens with zero attached hydrogens (tertiary/aromatic N) is 3. The molecule has 2 aromatic rings. The Labute approximate surface area is 125 Å². The Balaban J connectivity index is 1.83. The SMILES string of the molecule is O=C(c1cnnn1-c1ccccc1)C1CCCCCCC1. The first-order valence-corrected chi connectivity index (χ1v) is 7.86. The highest BCUT2D eigenvalue weighted by Crippen LogP contribution is 2.25. The molecule has 1 fully saturated rings. The zero-order valence-electron chi connectivity index (χ0n) is 12.2. The highest BCUT2D eigenvalue weighted by Gasteiger charge is 2.24. The van der Waals surface area contributed by atoms with Crippen LogP contribution in [0.4, 0.5) is 0 Å². The average molecular weight is 283 g/mol. The van der Waals surface area contributed by atoms with E-state index in [-0.39, 0.29) is 11.7 Å². The number of hydrogen-bond donors (Lipinski definition) is 0. The van der Waals surface area contributed by atoms with E-state index in [9.17, 15) is 4.79 Å². The summed E-state index contributed by atoms with van der Waals surface area (Å²) in [6.45, 7) is 0. The minimum Gasteiger partial charge on any atom is -0.292 e.